The van der Waals surface area contributed by atoms with E-state index in [1.165, 1.54) is 0 Å². The van der Waals surface area contributed by atoms with Gasteiger partial charge in [0.05, 0.1) is 39.0 Å². The SMILES string of the molecule is CCN(C)C=Nc1cc(OC)c(C2(OCc3ccc(Br)cc3)COC2)cc1C. The van der Waals surface area contributed by atoms with Gasteiger partial charge in [-0.15, -0.1) is 0 Å². The number of hydrogen-bond donors (Lipinski definition) is 0. The first-order valence-electron chi connectivity index (χ1n) is 9.37. The van der Waals surface area contributed by atoms with Crippen molar-refractivity contribution in [2.24, 2.45) is 4.99 Å². The van der Waals surface area contributed by atoms with E-state index in [0.29, 0.717) is 19.8 Å². The Labute approximate surface area is 175 Å². The van der Waals surface area contributed by atoms with E-state index in [1.54, 1.807) is 7.11 Å². The molecule has 0 atom stereocenters. The van der Waals surface area contributed by atoms with E-state index in [-0.39, 0.29) is 0 Å². The van der Waals surface area contributed by atoms with Crippen molar-refractivity contribution >= 4 is 28.0 Å². The van der Waals surface area contributed by atoms with Gasteiger partial charge in [-0.3, -0.25) is 0 Å². The number of hydrogen-bond acceptors (Lipinski definition) is 4. The molecule has 0 amide bonds. The standard InChI is InChI=1S/C22H27BrN2O3/c1-5-25(3)15-24-20-11-21(26-4)19(10-16(20)2)22(13-27-14-22)28-12-17-6-8-18(23)9-7-17/h6-11,15H,5,12-14H2,1-4H3. The molecule has 150 valence electrons. The zero-order valence-corrected chi connectivity index (χ0v) is 18.5. The largest absolute Gasteiger partial charge is 0.496 e. The van der Waals surface area contributed by atoms with Crippen LogP contribution in [0.3, 0.4) is 0 Å². The van der Waals surface area contributed by atoms with E-state index in [1.807, 2.05) is 36.5 Å². The molecular formula is C22H27BrN2O3. The molecule has 0 radical (unpaired) electrons. The molecule has 0 unspecified atom stereocenters. The minimum atomic E-state index is -0.494. The van der Waals surface area contributed by atoms with Crippen LogP contribution in [0.5, 0.6) is 5.75 Å². The molecule has 2 aromatic carbocycles. The maximum atomic E-state index is 6.36. The second-order valence-electron chi connectivity index (χ2n) is 7.06. The van der Waals surface area contributed by atoms with Crippen LogP contribution in [0.15, 0.2) is 45.9 Å². The van der Waals surface area contributed by atoms with Crippen LogP contribution in [0.25, 0.3) is 0 Å². The van der Waals surface area contributed by atoms with Gasteiger partial charge in [0.25, 0.3) is 0 Å². The second-order valence-corrected chi connectivity index (χ2v) is 7.97. The average molecular weight is 447 g/mol. The highest BCUT2D eigenvalue weighted by molar-refractivity contribution is 9.10. The molecule has 1 fully saturated rings. The summed E-state index contributed by atoms with van der Waals surface area (Å²) in [5.41, 5.74) is 3.61. The third kappa shape index (κ3) is 4.57. The van der Waals surface area contributed by atoms with Gasteiger partial charge in [-0.1, -0.05) is 28.1 Å². The van der Waals surface area contributed by atoms with Crippen molar-refractivity contribution in [1.82, 2.24) is 4.90 Å². The molecule has 6 heteroatoms. The monoisotopic (exact) mass is 446 g/mol. The van der Waals surface area contributed by atoms with Crippen molar-refractivity contribution in [3.63, 3.8) is 0 Å². The highest BCUT2D eigenvalue weighted by atomic mass is 79.9. The molecule has 0 aliphatic carbocycles. The van der Waals surface area contributed by atoms with Crippen molar-refractivity contribution in [3.8, 4) is 5.75 Å². The Kier molecular flexibility index (Phi) is 6.75. The van der Waals surface area contributed by atoms with Crippen LogP contribution >= 0.6 is 15.9 Å². The second kappa shape index (κ2) is 9.07. The number of nitrogens with zero attached hydrogens (tertiary/aromatic N) is 2. The quantitative estimate of drug-likeness (QED) is 0.430. The average Bonchev–Trinajstić information content (AvgIpc) is 2.67. The Hall–Kier alpha value is -1.89. The third-order valence-corrected chi connectivity index (χ3v) is 5.53. The van der Waals surface area contributed by atoms with Gasteiger partial charge in [0.15, 0.2) is 0 Å². The summed E-state index contributed by atoms with van der Waals surface area (Å²) in [7, 11) is 3.68. The highest BCUT2D eigenvalue weighted by Crippen LogP contribution is 2.42. The van der Waals surface area contributed by atoms with Crippen LogP contribution < -0.4 is 4.74 Å². The molecule has 28 heavy (non-hydrogen) atoms. The van der Waals surface area contributed by atoms with Crippen LogP contribution in [-0.4, -0.2) is 45.2 Å². The number of ether oxygens (including phenoxy) is 3. The summed E-state index contributed by atoms with van der Waals surface area (Å²) in [4.78, 5) is 6.63. The molecule has 1 aliphatic heterocycles. The van der Waals surface area contributed by atoms with Crippen molar-refractivity contribution in [1.29, 1.82) is 0 Å². The molecule has 1 saturated heterocycles. The smallest absolute Gasteiger partial charge is 0.143 e. The lowest BCUT2D eigenvalue weighted by atomic mass is 9.89. The molecule has 2 aromatic rings. The number of aryl methyl sites for hydroxylation is 1. The maximum absolute atomic E-state index is 6.36. The van der Waals surface area contributed by atoms with Crippen molar-refractivity contribution in [2.75, 3.05) is 33.9 Å². The van der Waals surface area contributed by atoms with Gasteiger partial charge in [0.2, 0.25) is 0 Å². The van der Waals surface area contributed by atoms with Crippen LogP contribution in [0.1, 0.15) is 23.6 Å². The molecule has 0 bridgehead atoms. The van der Waals surface area contributed by atoms with Gasteiger partial charge in [-0.2, -0.15) is 0 Å². The van der Waals surface area contributed by atoms with E-state index in [4.69, 9.17) is 14.2 Å². The molecule has 0 saturated carbocycles. The Morgan fingerprint density at radius 3 is 2.54 bits per heavy atom. The van der Waals surface area contributed by atoms with Gasteiger partial charge in [0.1, 0.15) is 11.4 Å². The summed E-state index contributed by atoms with van der Waals surface area (Å²) in [6.45, 7) is 6.60. The van der Waals surface area contributed by atoms with E-state index < -0.39 is 5.60 Å². The summed E-state index contributed by atoms with van der Waals surface area (Å²) in [6, 6.07) is 12.2. The summed E-state index contributed by atoms with van der Waals surface area (Å²) in [5.74, 6) is 0.774. The minimum absolute atomic E-state index is 0.494. The summed E-state index contributed by atoms with van der Waals surface area (Å²) in [5, 5.41) is 0. The van der Waals surface area contributed by atoms with Crippen LogP contribution in [-0.2, 0) is 21.7 Å². The number of methoxy groups -OCH3 is 1. The minimum Gasteiger partial charge on any atom is -0.496 e. The van der Waals surface area contributed by atoms with Crippen molar-refractivity contribution in [2.45, 2.75) is 26.1 Å². The van der Waals surface area contributed by atoms with Gasteiger partial charge < -0.3 is 19.1 Å². The number of aliphatic imine (C=N–C) groups is 1. The predicted molar refractivity (Wildman–Crippen MR) is 116 cm³/mol. The predicted octanol–water partition coefficient (Wildman–Crippen LogP) is 4.82. The third-order valence-electron chi connectivity index (χ3n) is 5.00. The molecular weight excluding hydrogens is 420 g/mol. The van der Waals surface area contributed by atoms with Crippen LogP contribution in [0, 0.1) is 6.92 Å². The Bertz CT molecular complexity index is 832. The lowest BCUT2D eigenvalue weighted by molar-refractivity contribution is -0.223. The zero-order chi connectivity index (χ0) is 20.1. The highest BCUT2D eigenvalue weighted by Gasteiger charge is 2.44. The summed E-state index contributed by atoms with van der Waals surface area (Å²) < 4.78 is 18.7. The maximum Gasteiger partial charge on any atom is 0.143 e. The zero-order valence-electron chi connectivity index (χ0n) is 16.9. The molecule has 5 nitrogen and oxygen atoms in total. The normalized spacial score (nSPS) is 15.5. The molecule has 3 rings (SSSR count). The Morgan fingerprint density at radius 1 is 1.25 bits per heavy atom. The van der Waals surface area contributed by atoms with Crippen molar-refractivity contribution < 1.29 is 14.2 Å². The Morgan fingerprint density at radius 2 is 1.96 bits per heavy atom. The van der Waals surface area contributed by atoms with Crippen LogP contribution in [0.2, 0.25) is 0 Å². The van der Waals surface area contributed by atoms with Crippen LogP contribution in [0.4, 0.5) is 5.69 Å². The topological polar surface area (TPSA) is 43.3 Å². The first-order valence-corrected chi connectivity index (χ1v) is 10.2. The molecule has 0 spiro atoms. The van der Waals surface area contributed by atoms with E-state index in [0.717, 1.165) is 39.1 Å². The Balaban J connectivity index is 1.86. The fraction of sp³-hybridized carbons (Fsp3) is 0.409. The summed E-state index contributed by atoms with van der Waals surface area (Å²) >= 11 is 3.47. The lowest BCUT2D eigenvalue weighted by Gasteiger charge is -2.42. The number of rotatable bonds is 8. The van der Waals surface area contributed by atoms with Gasteiger partial charge in [-0.05, 0) is 43.2 Å². The molecule has 1 aliphatic rings. The lowest BCUT2D eigenvalue weighted by Crippen LogP contribution is -2.49. The van der Waals surface area contributed by atoms with E-state index >= 15 is 0 Å². The molecule has 1 heterocycles. The van der Waals surface area contributed by atoms with E-state index in [2.05, 4.69) is 53.0 Å². The van der Waals surface area contributed by atoms with Crippen molar-refractivity contribution in [3.05, 3.63) is 57.6 Å². The van der Waals surface area contributed by atoms with Gasteiger partial charge in [0, 0.05) is 29.7 Å². The summed E-state index contributed by atoms with van der Waals surface area (Å²) in [6.07, 6.45) is 1.84. The van der Waals surface area contributed by atoms with Gasteiger partial charge in [-0.25, -0.2) is 4.99 Å². The fourth-order valence-electron chi connectivity index (χ4n) is 2.99. The van der Waals surface area contributed by atoms with E-state index in [9.17, 15) is 0 Å². The first-order chi connectivity index (χ1) is 13.5. The number of halogens is 1. The number of benzene rings is 2. The van der Waals surface area contributed by atoms with Gasteiger partial charge >= 0.3 is 0 Å². The first kappa shape index (κ1) is 20.8. The fourth-order valence-corrected chi connectivity index (χ4v) is 3.25. The molecule has 0 aromatic heterocycles. The molecule has 0 N–H and O–H groups in total.